The van der Waals surface area contributed by atoms with Crippen molar-refractivity contribution in [3.63, 3.8) is 0 Å². The maximum Gasteiger partial charge on any atom is 0.260 e. The van der Waals surface area contributed by atoms with Gasteiger partial charge in [0.1, 0.15) is 4.83 Å². The van der Waals surface area contributed by atoms with Crippen molar-refractivity contribution < 1.29 is 0 Å². The van der Waals surface area contributed by atoms with Crippen molar-refractivity contribution in [2.24, 2.45) is 0 Å². The summed E-state index contributed by atoms with van der Waals surface area (Å²) >= 11 is 8.82. The molecule has 0 unspecified atom stereocenters. The van der Waals surface area contributed by atoms with Crippen molar-refractivity contribution in [3.05, 3.63) is 56.7 Å². The van der Waals surface area contributed by atoms with E-state index in [-0.39, 0.29) is 5.56 Å². The Labute approximate surface area is 122 Å². The molecule has 0 aliphatic heterocycles. The Hall–Kier alpha value is -1.30. The lowest BCUT2D eigenvalue weighted by atomic mass is 10.2. The summed E-state index contributed by atoms with van der Waals surface area (Å²) in [6.45, 7) is 0. The van der Waals surface area contributed by atoms with Crippen molar-refractivity contribution in [1.82, 2.24) is 9.97 Å². The lowest BCUT2D eigenvalue weighted by Gasteiger charge is -2.01. The Bertz CT molecular complexity index is 764. The van der Waals surface area contributed by atoms with Gasteiger partial charge in [-0.2, -0.15) is 0 Å². The summed E-state index contributed by atoms with van der Waals surface area (Å²) in [5.41, 5.74) is 1.06. The summed E-state index contributed by atoms with van der Waals surface area (Å²) < 4.78 is 0. The second-order valence-corrected chi connectivity index (χ2v) is 6.22. The number of hydrogen-bond acceptors (Lipinski definition) is 4. The monoisotopic (exact) mass is 308 g/mol. The van der Waals surface area contributed by atoms with Crippen molar-refractivity contribution >= 4 is 44.9 Å². The molecule has 0 spiro atoms. The predicted octanol–water partition coefficient (Wildman–Crippen LogP) is 3.93. The van der Waals surface area contributed by atoms with Crippen LogP contribution in [0.15, 0.2) is 45.7 Å². The van der Waals surface area contributed by atoms with E-state index in [0.717, 1.165) is 21.2 Å². The topological polar surface area (TPSA) is 45.8 Å². The molecule has 1 aromatic carbocycles. The number of thiophene rings is 1. The summed E-state index contributed by atoms with van der Waals surface area (Å²) in [6.07, 6.45) is 0. The third kappa shape index (κ3) is 2.83. The highest BCUT2D eigenvalue weighted by atomic mass is 35.5. The predicted molar refractivity (Wildman–Crippen MR) is 81.3 cm³/mol. The number of H-pyrrole nitrogens is 1. The highest BCUT2D eigenvalue weighted by Crippen LogP contribution is 2.22. The first-order valence-electron chi connectivity index (χ1n) is 5.57. The number of hydrogen-bond donors (Lipinski definition) is 1. The minimum atomic E-state index is -0.0788. The number of fused-ring (bicyclic) bond motifs is 1. The van der Waals surface area contributed by atoms with Gasteiger partial charge in [-0.25, -0.2) is 4.98 Å². The fourth-order valence-corrected chi connectivity index (χ4v) is 3.41. The average molecular weight is 309 g/mol. The molecule has 0 radical (unpaired) electrons. The highest BCUT2D eigenvalue weighted by molar-refractivity contribution is 7.98. The van der Waals surface area contributed by atoms with Crippen LogP contribution in [0.3, 0.4) is 0 Å². The Kier molecular flexibility index (Phi) is 3.59. The molecule has 3 nitrogen and oxygen atoms in total. The molecule has 19 heavy (non-hydrogen) atoms. The molecule has 0 aliphatic carbocycles. The van der Waals surface area contributed by atoms with Crippen molar-refractivity contribution in [1.29, 1.82) is 0 Å². The van der Waals surface area contributed by atoms with E-state index in [2.05, 4.69) is 9.97 Å². The van der Waals surface area contributed by atoms with Crippen molar-refractivity contribution in [2.45, 2.75) is 10.9 Å². The Balaban J connectivity index is 1.81. The van der Waals surface area contributed by atoms with Gasteiger partial charge in [0.15, 0.2) is 5.16 Å². The lowest BCUT2D eigenvalue weighted by Crippen LogP contribution is -2.07. The lowest BCUT2D eigenvalue weighted by molar-refractivity contribution is 0.979. The van der Waals surface area contributed by atoms with Crippen LogP contribution < -0.4 is 5.56 Å². The number of nitrogens with one attached hydrogen (secondary N) is 1. The average Bonchev–Trinajstić information content (AvgIpc) is 2.87. The van der Waals surface area contributed by atoms with Gasteiger partial charge in [-0.3, -0.25) is 4.79 Å². The minimum Gasteiger partial charge on any atom is -0.301 e. The van der Waals surface area contributed by atoms with E-state index >= 15 is 0 Å². The molecule has 2 heterocycles. The number of benzene rings is 1. The normalized spacial score (nSPS) is 11.0. The molecule has 0 atom stereocenters. The zero-order valence-electron chi connectivity index (χ0n) is 9.72. The van der Waals surface area contributed by atoms with Crippen LogP contribution in [-0.2, 0) is 5.75 Å². The summed E-state index contributed by atoms with van der Waals surface area (Å²) in [5, 5.41) is 3.90. The van der Waals surface area contributed by atoms with Gasteiger partial charge in [0.25, 0.3) is 5.56 Å². The summed E-state index contributed by atoms with van der Waals surface area (Å²) in [7, 11) is 0. The number of aromatic amines is 1. The van der Waals surface area contributed by atoms with E-state index in [1.807, 2.05) is 29.6 Å². The SMILES string of the molecule is O=c1[nH]c(SCc2ccc(Cl)cc2)nc2sccc12. The van der Waals surface area contributed by atoms with E-state index in [0.29, 0.717) is 10.5 Å². The number of rotatable bonds is 3. The molecule has 3 rings (SSSR count). The van der Waals surface area contributed by atoms with Crippen LogP contribution in [0.2, 0.25) is 5.02 Å². The Morgan fingerprint density at radius 3 is 2.84 bits per heavy atom. The van der Waals surface area contributed by atoms with Crippen molar-refractivity contribution in [3.8, 4) is 0 Å². The fourth-order valence-electron chi connectivity index (χ4n) is 1.65. The number of halogens is 1. The molecule has 0 saturated carbocycles. The van der Waals surface area contributed by atoms with Crippen LogP contribution in [0.25, 0.3) is 10.2 Å². The maximum atomic E-state index is 11.8. The first kappa shape index (κ1) is 12.7. The van der Waals surface area contributed by atoms with Crippen LogP contribution in [-0.4, -0.2) is 9.97 Å². The first-order valence-corrected chi connectivity index (χ1v) is 7.81. The van der Waals surface area contributed by atoms with Gasteiger partial charge in [-0.1, -0.05) is 35.5 Å². The highest BCUT2D eigenvalue weighted by Gasteiger charge is 2.05. The number of thioether (sulfide) groups is 1. The molecule has 0 aliphatic rings. The maximum absolute atomic E-state index is 11.8. The molecule has 0 saturated heterocycles. The Morgan fingerprint density at radius 1 is 1.26 bits per heavy atom. The molecular formula is C13H9ClN2OS2. The second kappa shape index (κ2) is 5.36. The molecule has 0 amide bonds. The van der Waals surface area contributed by atoms with Crippen molar-refractivity contribution in [2.75, 3.05) is 0 Å². The van der Waals surface area contributed by atoms with Gasteiger partial charge in [-0.15, -0.1) is 11.3 Å². The third-order valence-corrected chi connectivity index (χ3v) is 4.60. The summed E-state index contributed by atoms with van der Waals surface area (Å²) in [5.74, 6) is 0.747. The zero-order valence-corrected chi connectivity index (χ0v) is 12.1. The van der Waals surface area contributed by atoms with Crippen LogP contribution in [0.4, 0.5) is 0 Å². The molecule has 2 aromatic heterocycles. The largest absolute Gasteiger partial charge is 0.301 e. The Morgan fingerprint density at radius 2 is 2.05 bits per heavy atom. The first-order chi connectivity index (χ1) is 9.22. The van der Waals surface area contributed by atoms with Gasteiger partial charge in [0.05, 0.1) is 5.39 Å². The number of aromatic nitrogens is 2. The van der Waals surface area contributed by atoms with Gasteiger partial charge < -0.3 is 4.98 Å². The minimum absolute atomic E-state index is 0.0788. The van der Waals surface area contributed by atoms with E-state index in [1.165, 1.54) is 23.1 Å². The van der Waals surface area contributed by atoms with Crippen LogP contribution in [0, 0.1) is 0 Å². The fraction of sp³-hybridized carbons (Fsp3) is 0.0769. The standard InChI is InChI=1S/C13H9ClN2OS2/c14-9-3-1-8(2-4-9)7-19-13-15-11(17)10-5-6-18-12(10)16-13/h1-6H,7H2,(H,15,16,17). The van der Waals surface area contributed by atoms with E-state index in [9.17, 15) is 4.79 Å². The van der Waals surface area contributed by atoms with E-state index in [4.69, 9.17) is 11.6 Å². The molecule has 0 bridgehead atoms. The molecular weight excluding hydrogens is 300 g/mol. The third-order valence-electron chi connectivity index (χ3n) is 2.60. The molecule has 96 valence electrons. The van der Waals surface area contributed by atoms with Crippen LogP contribution in [0.5, 0.6) is 0 Å². The van der Waals surface area contributed by atoms with E-state index in [1.54, 1.807) is 6.07 Å². The van der Waals surface area contributed by atoms with Gasteiger partial charge in [0.2, 0.25) is 0 Å². The van der Waals surface area contributed by atoms with Crippen LogP contribution in [0.1, 0.15) is 5.56 Å². The van der Waals surface area contributed by atoms with Crippen LogP contribution >= 0.6 is 34.7 Å². The quantitative estimate of drug-likeness (QED) is 0.589. The molecule has 1 N–H and O–H groups in total. The molecule has 6 heteroatoms. The molecule has 0 fully saturated rings. The van der Waals surface area contributed by atoms with Gasteiger partial charge >= 0.3 is 0 Å². The zero-order chi connectivity index (χ0) is 13.2. The number of nitrogens with zero attached hydrogens (tertiary/aromatic N) is 1. The smallest absolute Gasteiger partial charge is 0.260 e. The van der Waals surface area contributed by atoms with E-state index < -0.39 is 0 Å². The summed E-state index contributed by atoms with van der Waals surface area (Å²) in [6, 6.07) is 9.44. The molecule has 3 aromatic rings. The second-order valence-electron chi connectivity index (χ2n) is 3.93. The van der Waals surface area contributed by atoms with Gasteiger partial charge in [0, 0.05) is 10.8 Å². The van der Waals surface area contributed by atoms with Gasteiger partial charge in [-0.05, 0) is 29.1 Å². The summed E-state index contributed by atoms with van der Waals surface area (Å²) in [4.78, 5) is 19.8.